The third kappa shape index (κ3) is 3.44. The molecule has 0 amide bonds. The van der Waals surface area contributed by atoms with Crippen molar-refractivity contribution in [3.8, 4) is 0 Å². The molecule has 2 aliphatic heterocycles. The van der Waals surface area contributed by atoms with Crippen LogP contribution in [0.25, 0.3) is 0 Å². The van der Waals surface area contributed by atoms with E-state index in [-0.39, 0.29) is 0 Å². The van der Waals surface area contributed by atoms with E-state index >= 15 is 0 Å². The molecule has 0 aromatic rings. The minimum atomic E-state index is 0.838. The van der Waals surface area contributed by atoms with Crippen molar-refractivity contribution in [3.05, 3.63) is 0 Å². The predicted octanol–water partition coefficient (Wildman–Crippen LogP) is 1.01. The van der Waals surface area contributed by atoms with E-state index in [0.29, 0.717) is 0 Å². The molecule has 0 radical (unpaired) electrons. The molecule has 0 saturated carbocycles. The normalized spacial score (nSPS) is 25.7. The highest BCUT2D eigenvalue weighted by atomic mass is 15.3. The summed E-state index contributed by atoms with van der Waals surface area (Å²) in [6.07, 6.45) is 2.71. The summed E-state index contributed by atoms with van der Waals surface area (Å²) in [4.78, 5) is 5.35. The smallest absolute Gasteiger partial charge is 0.0345 e. The molecule has 2 rings (SSSR count). The highest BCUT2D eigenvalue weighted by molar-refractivity contribution is 4.86. The van der Waals surface area contributed by atoms with Gasteiger partial charge in [-0.3, -0.25) is 4.90 Å². The van der Waals surface area contributed by atoms with Gasteiger partial charge in [0.1, 0.15) is 0 Å². The van der Waals surface area contributed by atoms with Crippen LogP contribution in [0.3, 0.4) is 0 Å². The fourth-order valence-electron chi connectivity index (χ4n) is 2.55. The zero-order chi connectivity index (χ0) is 11.4. The summed E-state index contributed by atoms with van der Waals surface area (Å²) in [7, 11) is 0. The third-order valence-electron chi connectivity index (χ3n) is 3.92. The Morgan fingerprint density at radius 2 is 1.94 bits per heavy atom. The van der Waals surface area contributed by atoms with E-state index in [4.69, 9.17) is 0 Å². The second kappa shape index (κ2) is 5.99. The monoisotopic (exact) mass is 225 g/mol. The van der Waals surface area contributed by atoms with E-state index in [2.05, 4.69) is 29.0 Å². The van der Waals surface area contributed by atoms with Gasteiger partial charge in [-0.15, -0.1) is 0 Å². The highest BCUT2D eigenvalue weighted by Gasteiger charge is 2.25. The summed E-state index contributed by atoms with van der Waals surface area (Å²) in [5.41, 5.74) is 0. The van der Waals surface area contributed by atoms with Crippen molar-refractivity contribution >= 4 is 0 Å². The summed E-state index contributed by atoms with van der Waals surface area (Å²) >= 11 is 0. The maximum absolute atomic E-state index is 3.37. The Morgan fingerprint density at radius 1 is 1.12 bits per heavy atom. The fourth-order valence-corrected chi connectivity index (χ4v) is 2.55. The van der Waals surface area contributed by atoms with E-state index in [1.165, 1.54) is 58.7 Å². The van der Waals surface area contributed by atoms with Crippen LogP contribution in [-0.4, -0.2) is 61.7 Å². The van der Waals surface area contributed by atoms with Crippen molar-refractivity contribution in [1.29, 1.82) is 0 Å². The Balaban J connectivity index is 1.70. The maximum atomic E-state index is 3.37. The zero-order valence-corrected chi connectivity index (χ0v) is 10.9. The van der Waals surface area contributed by atoms with Gasteiger partial charge in [0.15, 0.2) is 0 Å². The molecule has 0 bridgehead atoms. The van der Waals surface area contributed by atoms with Crippen LogP contribution in [0.5, 0.6) is 0 Å². The molecule has 2 saturated heterocycles. The SMILES string of the molecule is CC(C)CCN1CCCN(C2CNC2)CC1. The van der Waals surface area contributed by atoms with Crippen LogP contribution in [-0.2, 0) is 0 Å². The molecule has 0 atom stereocenters. The third-order valence-corrected chi connectivity index (χ3v) is 3.92. The highest BCUT2D eigenvalue weighted by Crippen LogP contribution is 2.11. The predicted molar refractivity (Wildman–Crippen MR) is 68.7 cm³/mol. The van der Waals surface area contributed by atoms with Crippen LogP contribution in [0.15, 0.2) is 0 Å². The number of hydrogen-bond acceptors (Lipinski definition) is 3. The second-order valence-electron chi connectivity index (χ2n) is 5.73. The van der Waals surface area contributed by atoms with Gasteiger partial charge >= 0.3 is 0 Å². The molecule has 0 aromatic carbocycles. The first-order chi connectivity index (χ1) is 7.75. The van der Waals surface area contributed by atoms with Gasteiger partial charge in [0.25, 0.3) is 0 Å². The molecule has 0 aliphatic carbocycles. The Hall–Kier alpha value is -0.120. The lowest BCUT2D eigenvalue weighted by Crippen LogP contribution is -2.57. The van der Waals surface area contributed by atoms with Gasteiger partial charge in [-0.25, -0.2) is 0 Å². The van der Waals surface area contributed by atoms with Gasteiger partial charge in [-0.1, -0.05) is 13.8 Å². The second-order valence-corrected chi connectivity index (χ2v) is 5.73. The molecule has 1 N–H and O–H groups in total. The van der Waals surface area contributed by atoms with Gasteiger partial charge in [-0.2, -0.15) is 0 Å². The van der Waals surface area contributed by atoms with Crippen molar-refractivity contribution in [1.82, 2.24) is 15.1 Å². The van der Waals surface area contributed by atoms with Gasteiger partial charge in [0, 0.05) is 32.2 Å². The zero-order valence-electron chi connectivity index (χ0n) is 10.9. The minimum Gasteiger partial charge on any atom is -0.314 e. The van der Waals surface area contributed by atoms with Gasteiger partial charge < -0.3 is 10.2 Å². The summed E-state index contributed by atoms with van der Waals surface area (Å²) in [5, 5.41) is 3.37. The first kappa shape index (κ1) is 12.3. The van der Waals surface area contributed by atoms with Crippen LogP contribution in [0.1, 0.15) is 26.7 Å². The number of nitrogens with zero attached hydrogens (tertiary/aromatic N) is 2. The Kier molecular flexibility index (Phi) is 4.62. The van der Waals surface area contributed by atoms with Crippen LogP contribution >= 0.6 is 0 Å². The Morgan fingerprint density at radius 3 is 2.56 bits per heavy atom. The minimum absolute atomic E-state index is 0.838. The number of rotatable bonds is 4. The van der Waals surface area contributed by atoms with Crippen LogP contribution in [0, 0.1) is 5.92 Å². The molecule has 16 heavy (non-hydrogen) atoms. The van der Waals surface area contributed by atoms with E-state index < -0.39 is 0 Å². The lowest BCUT2D eigenvalue weighted by atomic mass is 10.1. The average Bonchev–Trinajstić information content (AvgIpc) is 2.38. The molecule has 3 heteroatoms. The van der Waals surface area contributed by atoms with Crippen LogP contribution in [0.2, 0.25) is 0 Å². The molecule has 94 valence electrons. The number of nitrogens with one attached hydrogen (secondary N) is 1. The molecular formula is C13H27N3. The topological polar surface area (TPSA) is 18.5 Å². The van der Waals surface area contributed by atoms with Crippen molar-refractivity contribution in [3.63, 3.8) is 0 Å². The van der Waals surface area contributed by atoms with Crippen LogP contribution < -0.4 is 5.32 Å². The Labute approximate surface area is 100 Å². The summed E-state index contributed by atoms with van der Waals surface area (Å²) in [6, 6.07) is 0.838. The fraction of sp³-hybridized carbons (Fsp3) is 1.00. The molecule has 0 unspecified atom stereocenters. The summed E-state index contributed by atoms with van der Waals surface area (Å²) in [5.74, 6) is 0.843. The first-order valence-electron chi connectivity index (χ1n) is 6.93. The standard InChI is InChI=1S/C13H27N3/c1-12(2)4-7-15-5-3-6-16(9-8-15)13-10-14-11-13/h12-14H,3-11H2,1-2H3. The molecule has 0 spiro atoms. The molecule has 0 aromatic heterocycles. The Bertz CT molecular complexity index is 201. The lowest BCUT2D eigenvalue weighted by Gasteiger charge is -2.37. The van der Waals surface area contributed by atoms with Crippen molar-refractivity contribution in [2.75, 3.05) is 45.8 Å². The lowest BCUT2D eigenvalue weighted by molar-refractivity contribution is 0.148. The van der Waals surface area contributed by atoms with E-state index in [9.17, 15) is 0 Å². The molecule has 2 aliphatic rings. The van der Waals surface area contributed by atoms with Gasteiger partial charge in [0.05, 0.1) is 0 Å². The summed E-state index contributed by atoms with van der Waals surface area (Å²) in [6.45, 7) is 13.6. The maximum Gasteiger partial charge on any atom is 0.0345 e. The van der Waals surface area contributed by atoms with Crippen molar-refractivity contribution < 1.29 is 0 Å². The van der Waals surface area contributed by atoms with E-state index in [0.717, 1.165) is 12.0 Å². The van der Waals surface area contributed by atoms with E-state index in [1.807, 2.05) is 0 Å². The van der Waals surface area contributed by atoms with Gasteiger partial charge in [0.2, 0.25) is 0 Å². The van der Waals surface area contributed by atoms with Gasteiger partial charge in [-0.05, 0) is 38.4 Å². The molecule has 2 fully saturated rings. The van der Waals surface area contributed by atoms with Crippen molar-refractivity contribution in [2.24, 2.45) is 5.92 Å². The molecule has 2 heterocycles. The largest absolute Gasteiger partial charge is 0.314 e. The van der Waals surface area contributed by atoms with Crippen LogP contribution in [0.4, 0.5) is 0 Å². The summed E-state index contributed by atoms with van der Waals surface area (Å²) < 4.78 is 0. The van der Waals surface area contributed by atoms with E-state index in [1.54, 1.807) is 0 Å². The number of hydrogen-bond donors (Lipinski definition) is 1. The van der Waals surface area contributed by atoms with Crippen molar-refractivity contribution in [2.45, 2.75) is 32.7 Å². The quantitative estimate of drug-likeness (QED) is 0.770. The first-order valence-corrected chi connectivity index (χ1v) is 6.93. The molecular weight excluding hydrogens is 198 g/mol. The average molecular weight is 225 g/mol. The molecule has 3 nitrogen and oxygen atoms in total.